The molecule has 0 fully saturated rings. The molecule has 6 nitrogen and oxygen atoms in total. The van der Waals surface area contributed by atoms with Crippen LogP contribution in [-0.2, 0) is 14.3 Å². The molecule has 1 aliphatic rings. The Morgan fingerprint density at radius 2 is 2.10 bits per heavy atom. The molecule has 1 amide bonds. The van der Waals surface area contributed by atoms with Crippen LogP contribution in [-0.4, -0.2) is 35.6 Å². The van der Waals surface area contributed by atoms with Gasteiger partial charge in [-0.05, 0) is 43.9 Å². The second kappa shape index (κ2) is 8.95. The highest BCUT2D eigenvalue weighted by atomic mass is 32.1. The SMILES string of the molecule is CCC1Oc2ccc(-c3csc(C)n3)cc2N(C(CC)C(=O)OCC(C)C)C1=O. The Morgan fingerprint density at radius 3 is 2.69 bits per heavy atom. The zero-order valence-corrected chi connectivity index (χ0v) is 18.4. The van der Waals surface area contributed by atoms with Crippen LogP contribution in [0.4, 0.5) is 5.69 Å². The highest BCUT2D eigenvalue weighted by Gasteiger charge is 2.40. The van der Waals surface area contributed by atoms with Gasteiger partial charge in [0.25, 0.3) is 5.91 Å². The number of nitrogens with zero attached hydrogens (tertiary/aromatic N) is 2. The zero-order chi connectivity index (χ0) is 21.1. The number of carbonyl (C=O) groups excluding carboxylic acids is 2. The Bertz CT molecular complexity index is 893. The third-order valence-corrected chi connectivity index (χ3v) is 5.59. The largest absolute Gasteiger partial charge is 0.478 e. The molecule has 1 aromatic carbocycles. The van der Waals surface area contributed by atoms with E-state index in [1.54, 1.807) is 16.2 Å². The third kappa shape index (κ3) is 4.45. The predicted octanol–water partition coefficient (Wildman–Crippen LogP) is 4.60. The Labute approximate surface area is 175 Å². The van der Waals surface area contributed by atoms with Crippen LogP contribution in [0.3, 0.4) is 0 Å². The molecular weight excluding hydrogens is 388 g/mol. The van der Waals surface area contributed by atoms with Gasteiger partial charge in [0, 0.05) is 10.9 Å². The van der Waals surface area contributed by atoms with E-state index in [9.17, 15) is 9.59 Å². The first kappa shape index (κ1) is 21.3. The minimum absolute atomic E-state index is 0.208. The average Bonchev–Trinajstić information content (AvgIpc) is 3.14. The summed E-state index contributed by atoms with van der Waals surface area (Å²) in [7, 11) is 0. The van der Waals surface area contributed by atoms with Crippen LogP contribution in [0.25, 0.3) is 11.3 Å². The molecule has 2 heterocycles. The van der Waals surface area contributed by atoms with E-state index in [1.165, 1.54) is 0 Å². The lowest BCUT2D eigenvalue weighted by Gasteiger charge is -2.38. The van der Waals surface area contributed by atoms with Crippen molar-refractivity contribution in [3.63, 3.8) is 0 Å². The van der Waals surface area contributed by atoms with Gasteiger partial charge in [0.15, 0.2) is 6.10 Å². The van der Waals surface area contributed by atoms with E-state index in [0.29, 0.717) is 30.9 Å². The molecule has 2 atom stereocenters. The topological polar surface area (TPSA) is 68.7 Å². The number of hydrogen-bond acceptors (Lipinski definition) is 6. The molecule has 0 spiro atoms. The summed E-state index contributed by atoms with van der Waals surface area (Å²) in [6.07, 6.45) is 0.375. The standard InChI is InChI=1S/C22H28N2O4S/c1-6-17(22(26)27-11-13(3)4)24-18-10-15(16-12-29-14(5)23-16)8-9-20(18)28-19(7-2)21(24)25/h8-10,12-13,17,19H,6-7,11H2,1-5H3. The number of aryl methyl sites for hydroxylation is 1. The van der Waals surface area contributed by atoms with E-state index >= 15 is 0 Å². The van der Waals surface area contributed by atoms with Crippen LogP contribution < -0.4 is 9.64 Å². The van der Waals surface area contributed by atoms with E-state index in [0.717, 1.165) is 16.3 Å². The first-order chi connectivity index (χ1) is 13.8. The van der Waals surface area contributed by atoms with E-state index < -0.39 is 12.1 Å². The molecular formula is C22H28N2O4S. The smallest absolute Gasteiger partial charge is 0.329 e. The maximum atomic E-state index is 13.2. The molecule has 3 rings (SSSR count). The molecule has 0 radical (unpaired) electrons. The van der Waals surface area contributed by atoms with Crippen LogP contribution in [0.2, 0.25) is 0 Å². The first-order valence-electron chi connectivity index (χ1n) is 10.1. The van der Waals surface area contributed by atoms with Crippen molar-refractivity contribution in [1.29, 1.82) is 0 Å². The Hall–Kier alpha value is -2.41. The quantitative estimate of drug-likeness (QED) is 0.617. The number of ether oxygens (including phenoxy) is 2. The molecule has 7 heteroatoms. The summed E-state index contributed by atoms with van der Waals surface area (Å²) >= 11 is 1.57. The van der Waals surface area contributed by atoms with E-state index in [4.69, 9.17) is 9.47 Å². The summed E-state index contributed by atoms with van der Waals surface area (Å²) in [5, 5.41) is 2.95. The number of fused-ring (bicyclic) bond motifs is 1. The predicted molar refractivity (Wildman–Crippen MR) is 114 cm³/mol. The summed E-state index contributed by atoms with van der Waals surface area (Å²) in [6.45, 7) is 10.0. The number of hydrogen-bond donors (Lipinski definition) is 0. The van der Waals surface area contributed by atoms with Crippen molar-refractivity contribution in [2.24, 2.45) is 5.92 Å². The number of esters is 1. The van der Waals surface area contributed by atoms with Gasteiger partial charge < -0.3 is 9.47 Å². The fraction of sp³-hybridized carbons (Fsp3) is 0.500. The van der Waals surface area contributed by atoms with Gasteiger partial charge in [-0.3, -0.25) is 9.69 Å². The Morgan fingerprint density at radius 1 is 1.34 bits per heavy atom. The van der Waals surface area contributed by atoms with Gasteiger partial charge in [-0.2, -0.15) is 0 Å². The van der Waals surface area contributed by atoms with Crippen molar-refractivity contribution in [3.8, 4) is 17.0 Å². The molecule has 0 N–H and O–H groups in total. The maximum Gasteiger partial charge on any atom is 0.329 e. The molecule has 156 valence electrons. The van der Waals surface area contributed by atoms with Crippen LogP contribution in [0, 0.1) is 12.8 Å². The Balaban J connectivity index is 2.02. The van der Waals surface area contributed by atoms with Gasteiger partial charge in [0.2, 0.25) is 0 Å². The van der Waals surface area contributed by atoms with Crippen molar-refractivity contribution >= 4 is 28.9 Å². The van der Waals surface area contributed by atoms with Crippen LogP contribution in [0.5, 0.6) is 5.75 Å². The second-order valence-corrected chi connectivity index (χ2v) is 8.67. The van der Waals surface area contributed by atoms with Gasteiger partial charge in [0.1, 0.15) is 11.8 Å². The van der Waals surface area contributed by atoms with E-state index in [-0.39, 0.29) is 17.8 Å². The number of benzene rings is 1. The zero-order valence-electron chi connectivity index (χ0n) is 17.6. The fourth-order valence-corrected chi connectivity index (χ4v) is 3.94. The van der Waals surface area contributed by atoms with Gasteiger partial charge in [0.05, 0.1) is 23.0 Å². The van der Waals surface area contributed by atoms with E-state index in [2.05, 4.69) is 4.98 Å². The number of aromatic nitrogens is 1. The fourth-order valence-electron chi connectivity index (χ4n) is 3.32. The summed E-state index contributed by atoms with van der Waals surface area (Å²) in [5.41, 5.74) is 2.32. The van der Waals surface area contributed by atoms with Gasteiger partial charge in [-0.25, -0.2) is 9.78 Å². The van der Waals surface area contributed by atoms with Crippen LogP contribution >= 0.6 is 11.3 Å². The van der Waals surface area contributed by atoms with Gasteiger partial charge in [-0.15, -0.1) is 11.3 Å². The highest BCUT2D eigenvalue weighted by molar-refractivity contribution is 7.09. The molecule has 0 saturated carbocycles. The lowest BCUT2D eigenvalue weighted by Crippen LogP contribution is -2.53. The molecule has 1 aromatic heterocycles. The second-order valence-electron chi connectivity index (χ2n) is 7.61. The number of thiazole rings is 1. The number of carbonyl (C=O) groups is 2. The molecule has 2 unspecified atom stereocenters. The van der Waals surface area contributed by atoms with Gasteiger partial charge >= 0.3 is 5.97 Å². The minimum atomic E-state index is -0.689. The molecule has 0 bridgehead atoms. The van der Waals surface area contributed by atoms with Crippen molar-refractivity contribution in [3.05, 3.63) is 28.6 Å². The summed E-state index contributed by atoms with van der Waals surface area (Å²) in [4.78, 5) is 32.1. The van der Waals surface area contributed by atoms with Gasteiger partial charge in [-0.1, -0.05) is 27.7 Å². The first-order valence-corrected chi connectivity index (χ1v) is 11.0. The Kier molecular flexibility index (Phi) is 6.57. The summed E-state index contributed by atoms with van der Waals surface area (Å²) in [5.74, 6) is 0.237. The monoisotopic (exact) mass is 416 g/mol. The lowest BCUT2D eigenvalue weighted by atomic mass is 10.0. The van der Waals surface area contributed by atoms with Crippen molar-refractivity contribution in [2.75, 3.05) is 11.5 Å². The number of rotatable bonds is 7. The van der Waals surface area contributed by atoms with Crippen molar-refractivity contribution < 1.29 is 19.1 Å². The van der Waals surface area contributed by atoms with E-state index in [1.807, 2.05) is 58.2 Å². The highest BCUT2D eigenvalue weighted by Crippen LogP contribution is 2.40. The maximum absolute atomic E-state index is 13.2. The average molecular weight is 417 g/mol. The lowest BCUT2D eigenvalue weighted by molar-refractivity contribution is -0.148. The molecule has 0 saturated heterocycles. The summed E-state index contributed by atoms with van der Waals surface area (Å²) < 4.78 is 11.4. The molecule has 0 aliphatic carbocycles. The van der Waals surface area contributed by atoms with Crippen LogP contribution in [0.1, 0.15) is 45.5 Å². The molecule has 2 aromatic rings. The number of amides is 1. The molecule has 29 heavy (non-hydrogen) atoms. The van der Waals surface area contributed by atoms with Crippen molar-refractivity contribution in [1.82, 2.24) is 4.98 Å². The minimum Gasteiger partial charge on any atom is -0.478 e. The third-order valence-electron chi connectivity index (χ3n) is 4.82. The normalized spacial score (nSPS) is 17.1. The van der Waals surface area contributed by atoms with Crippen LogP contribution in [0.15, 0.2) is 23.6 Å². The summed E-state index contributed by atoms with van der Waals surface area (Å²) in [6, 6.07) is 4.98. The molecule has 1 aliphatic heterocycles. The van der Waals surface area contributed by atoms with Crippen molar-refractivity contribution in [2.45, 2.75) is 59.6 Å². The number of anilines is 1.